The van der Waals surface area contributed by atoms with Crippen molar-refractivity contribution in [3.63, 3.8) is 0 Å². The fourth-order valence-corrected chi connectivity index (χ4v) is 11.5. The molecule has 0 radical (unpaired) electrons. The zero-order valence-electron chi connectivity index (χ0n) is 27.1. The molecule has 0 aromatic carbocycles. The number of rotatable bonds is 8. The van der Waals surface area contributed by atoms with Crippen LogP contribution in [-0.2, 0) is 0 Å². The predicted octanol–water partition coefficient (Wildman–Crippen LogP) is 12.4. The molecule has 5 saturated carbocycles. The summed E-state index contributed by atoms with van der Waals surface area (Å²) >= 11 is 0. The van der Waals surface area contributed by atoms with Gasteiger partial charge in [0.25, 0.3) is 0 Å². The maximum atomic E-state index is 2.63. The molecule has 0 heteroatoms. The van der Waals surface area contributed by atoms with Gasteiger partial charge in [-0.3, -0.25) is 0 Å². The van der Waals surface area contributed by atoms with Crippen molar-refractivity contribution in [2.75, 3.05) is 0 Å². The van der Waals surface area contributed by atoms with Gasteiger partial charge < -0.3 is 0 Å². The third-order valence-electron chi connectivity index (χ3n) is 13.6. The Kier molecular flexibility index (Phi) is 12.5. The first-order valence-electron chi connectivity index (χ1n) is 18.5. The lowest BCUT2D eigenvalue weighted by molar-refractivity contribution is -0.0276. The van der Waals surface area contributed by atoms with Gasteiger partial charge in [-0.1, -0.05) is 119 Å². The lowest BCUT2D eigenvalue weighted by Gasteiger charge is -2.52. The summed E-state index contributed by atoms with van der Waals surface area (Å²) in [6, 6.07) is 0. The minimum absolute atomic E-state index is 1.00. The van der Waals surface area contributed by atoms with Crippen molar-refractivity contribution in [3.8, 4) is 0 Å². The highest BCUT2D eigenvalue weighted by Crippen LogP contribution is 2.57. The average Bonchev–Trinajstić information content (AvgIpc) is 3.60. The van der Waals surface area contributed by atoms with Crippen LogP contribution in [0, 0.1) is 71.0 Å². The minimum atomic E-state index is 1.00. The number of unbranched alkanes of at least 4 members (excludes halogenated alkanes) is 1. The van der Waals surface area contributed by atoms with E-state index in [2.05, 4.69) is 41.5 Å². The van der Waals surface area contributed by atoms with E-state index < -0.39 is 0 Å². The SMILES string of the molecule is CCC1CCCCC1C1CCC(C)C1.CCCCC1C(C)CC2CCCC2C1C1CCC(CC)CC1CC. The van der Waals surface area contributed by atoms with Crippen molar-refractivity contribution in [1.82, 2.24) is 0 Å². The fraction of sp³-hybridized carbons (Fsp3) is 1.00. The standard InChI is InChI=1S/C24H44.C14H26/c1-5-8-11-21-17(4)15-20-10-9-12-22(20)24(21)23-14-13-18(6-2)16-19(23)7-3;1-3-12-6-4-5-7-14(12)13-9-8-11(2)10-13/h17-24H,5-16H2,1-4H3;11-14H,3-10H2,1-2H3. The molecular weight excluding hydrogens is 456 g/mol. The molecule has 5 aliphatic carbocycles. The van der Waals surface area contributed by atoms with E-state index in [1.54, 1.807) is 64.2 Å². The number of hydrogen-bond donors (Lipinski definition) is 0. The molecule has 222 valence electrons. The van der Waals surface area contributed by atoms with Crippen molar-refractivity contribution in [3.05, 3.63) is 0 Å². The van der Waals surface area contributed by atoms with Gasteiger partial charge >= 0.3 is 0 Å². The van der Waals surface area contributed by atoms with Crippen LogP contribution in [0.3, 0.4) is 0 Å². The van der Waals surface area contributed by atoms with Crippen LogP contribution in [0.2, 0.25) is 0 Å². The molecule has 12 atom stereocenters. The lowest BCUT2D eigenvalue weighted by Crippen LogP contribution is -2.44. The molecule has 0 spiro atoms. The maximum Gasteiger partial charge on any atom is -0.0321 e. The Hall–Kier alpha value is 0. The van der Waals surface area contributed by atoms with E-state index in [4.69, 9.17) is 0 Å². The first kappa shape index (κ1) is 30.9. The maximum absolute atomic E-state index is 2.63. The molecule has 12 unspecified atom stereocenters. The minimum Gasteiger partial charge on any atom is -0.0654 e. The largest absolute Gasteiger partial charge is 0.0654 e. The van der Waals surface area contributed by atoms with Crippen LogP contribution in [0.1, 0.15) is 170 Å². The van der Waals surface area contributed by atoms with E-state index >= 15 is 0 Å². The molecule has 0 aromatic heterocycles. The third kappa shape index (κ3) is 7.44. The van der Waals surface area contributed by atoms with Crippen LogP contribution >= 0.6 is 0 Å². The fourth-order valence-electron chi connectivity index (χ4n) is 11.5. The second kappa shape index (κ2) is 15.3. The van der Waals surface area contributed by atoms with Gasteiger partial charge in [0.05, 0.1) is 0 Å². The summed E-state index contributed by atoms with van der Waals surface area (Å²) < 4.78 is 0. The predicted molar refractivity (Wildman–Crippen MR) is 168 cm³/mol. The normalized spacial score (nSPS) is 45.3. The number of hydrogen-bond acceptors (Lipinski definition) is 0. The Bertz CT molecular complexity index is 650. The van der Waals surface area contributed by atoms with Crippen LogP contribution in [0.25, 0.3) is 0 Å². The van der Waals surface area contributed by atoms with E-state index in [1.807, 2.05) is 0 Å². The van der Waals surface area contributed by atoms with Crippen LogP contribution < -0.4 is 0 Å². The number of fused-ring (bicyclic) bond motifs is 1. The molecule has 0 aliphatic heterocycles. The zero-order valence-corrected chi connectivity index (χ0v) is 27.1. The van der Waals surface area contributed by atoms with Crippen LogP contribution in [0.5, 0.6) is 0 Å². The summed E-state index contributed by atoms with van der Waals surface area (Å²) in [5.41, 5.74) is 0. The molecule has 0 nitrogen and oxygen atoms in total. The molecule has 0 aromatic rings. The quantitative estimate of drug-likeness (QED) is 0.295. The molecule has 5 fully saturated rings. The third-order valence-corrected chi connectivity index (χ3v) is 13.6. The van der Waals surface area contributed by atoms with E-state index in [0.29, 0.717) is 0 Å². The highest BCUT2D eigenvalue weighted by Gasteiger charge is 2.49. The highest BCUT2D eigenvalue weighted by molar-refractivity contribution is 4.98. The van der Waals surface area contributed by atoms with E-state index in [9.17, 15) is 0 Å². The van der Waals surface area contributed by atoms with Crippen LogP contribution in [-0.4, -0.2) is 0 Å². The van der Waals surface area contributed by atoms with Crippen molar-refractivity contribution in [1.29, 1.82) is 0 Å². The van der Waals surface area contributed by atoms with E-state index in [0.717, 1.165) is 71.0 Å². The summed E-state index contributed by atoms with van der Waals surface area (Å²) in [6.45, 7) is 14.8. The summed E-state index contributed by atoms with van der Waals surface area (Å²) in [4.78, 5) is 0. The van der Waals surface area contributed by atoms with Crippen molar-refractivity contribution in [2.45, 2.75) is 170 Å². The first-order valence-corrected chi connectivity index (χ1v) is 18.5. The van der Waals surface area contributed by atoms with Gasteiger partial charge in [-0.05, 0) is 122 Å². The summed E-state index contributed by atoms with van der Waals surface area (Å²) in [7, 11) is 0. The Morgan fingerprint density at radius 3 is 1.97 bits per heavy atom. The van der Waals surface area contributed by atoms with Crippen LogP contribution in [0.4, 0.5) is 0 Å². The summed E-state index contributed by atoms with van der Waals surface area (Å²) in [5, 5.41) is 0. The molecule has 0 amide bonds. The summed E-state index contributed by atoms with van der Waals surface area (Å²) in [5.74, 6) is 12.9. The smallest absolute Gasteiger partial charge is 0.0321 e. The summed E-state index contributed by atoms with van der Waals surface area (Å²) in [6.07, 6.45) is 30.4. The molecule has 0 bridgehead atoms. The lowest BCUT2D eigenvalue weighted by atomic mass is 9.53. The Morgan fingerprint density at radius 1 is 0.553 bits per heavy atom. The molecule has 0 saturated heterocycles. The molecule has 38 heavy (non-hydrogen) atoms. The van der Waals surface area contributed by atoms with Gasteiger partial charge in [0.2, 0.25) is 0 Å². The second-order valence-corrected chi connectivity index (χ2v) is 15.7. The molecule has 0 N–H and O–H groups in total. The highest BCUT2D eigenvalue weighted by atomic mass is 14.5. The Morgan fingerprint density at radius 2 is 1.29 bits per heavy atom. The van der Waals surface area contributed by atoms with Crippen molar-refractivity contribution < 1.29 is 0 Å². The Labute approximate surface area is 240 Å². The molecular formula is C38H70. The van der Waals surface area contributed by atoms with Gasteiger partial charge in [-0.25, -0.2) is 0 Å². The van der Waals surface area contributed by atoms with Gasteiger partial charge in [-0.15, -0.1) is 0 Å². The second-order valence-electron chi connectivity index (χ2n) is 15.7. The zero-order chi connectivity index (χ0) is 27.1. The topological polar surface area (TPSA) is 0 Å². The van der Waals surface area contributed by atoms with E-state index in [-0.39, 0.29) is 0 Å². The monoisotopic (exact) mass is 527 g/mol. The Balaban J connectivity index is 0.000000204. The van der Waals surface area contributed by atoms with Gasteiger partial charge in [0.1, 0.15) is 0 Å². The van der Waals surface area contributed by atoms with E-state index in [1.165, 1.54) is 64.2 Å². The van der Waals surface area contributed by atoms with Gasteiger partial charge in [-0.2, -0.15) is 0 Å². The van der Waals surface area contributed by atoms with Gasteiger partial charge in [0, 0.05) is 0 Å². The average molecular weight is 527 g/mol. The van der Waals surface area contributed by atoms with Crippen LogP contribution in [0.15, 0.2) is 0 Å². The van der Waals surface area contributed by atoms with Gasteiger partial charge in [0.15, 0.2) is 0 Å². The van der Waals surface area contributed by atoms with Crippen molar-refractivity contribution in [2.24, 2.45) is 71.0 Å². The van der Waals surface area contributed by atoms with Crippen molar-refractivity contribution >= 4 is 0 Å². The molecule has 5 rings (SSSR count). The molecule has 0 heterocycles. The first-order chi connectivity index (χ1) is 18.5. The molecule has 5 aliphatic rings.